The number of hydrogen-bond donors (Lipinski definition) is 1. The van der Waals surface area contributed by atoms with Gasteiger partial charge in [-0.25, -0.2) is 0 Å². The molecular formula is C15H24ClNO2. The van der Waals surface area contributed by atoms with Crippen molar-refractivity contribution in [3.8, 4) is 11.5 Å². The van der Waals surface area contributed by atoms with Crippen molar-refractivity contribution in [2.24, 2.45) is 0 Å². The second-order valence-corrected chi connectivity index (χ2v) is 4.85. The summed E-state index contributed by atoms with van der Waals surface area (Å²) in [5.41, 5.74) is 1.21. The highest BCUT2D eigenvalue weighted by Crippen LogP contribution is 2.27. The quantitative estimate of drug-likeness (QED) is 0.526. The topological polar surface area (TPSA) is 30.5 Å². The van der Waals surface area contributed by atoms with E-state index in [-0.39, 0.29) is 0 Å². The van der Waals surface area contributed by atoms with Crippen LogP contribution in [0.4, 0.5) is 0 Å². The summed E-state index contributed by atoms with van der Waals surface area (Å²) >= 11 is 5.64. The van der Waals surface area contributed by atoms with Crippen LogP contribution < -0.4 is 14.8 Å². The van der Waals surface area contributed by atoms with Crippen molar-refractivity contribution in [3.05, 3.63) is 23.8 Å². The lowest BCUT2D eigenvalue weighted by Gasteiger charge is -2.10. The molecule has 0 fully saturated rings. The number of rotatable bonds is 10. The molecular weight excluding hydrogens is 262 g/mol. The SMILES string of the molecule is COc1ccc(CNCCCCCCCl)cc1OC. The number of ether oxygens (including phenoxy) is 2. The summed E-state index contributed by atoms with van der Waals surface area (Å²) in [4.78, 5) is 0. The maximum atomic E-state index is 5.64. The van der Waals surface area contributed by atoms with Gasteiger partial charge >= 0.3 is 0 Å². The maximum absolute atomic E-state index is 5.64. The molecule has 0 aromatic heterocycles. The van der Waals surface area contributed by atoms with Crippen molar-refractivity contribution >= 4 is 11.6 Å². The lowest BCUT2D eigenvalue weighted by atomic mass is 10.2. The van der Waals surface area contributed by atoms with Crippen molar-refractivity contribution < 1.29 is 9.47 Å². The molecule has 19 heavy (non-hydrogen) atoms. The number of nitrogens with one attached hydrogen (secondary N) is 1. The number of alkyl halides is 1. The molecule has 0 saturated heterocycles. The molecule has 1 rings (SSSR count). The van der Waals surface area contributed by atoms with Crippen LogP contribution in [0.25, 0.3) is 0 Å². The second-order valence-electron chi connectivity index (χ2n) is 4.47. The molecule has 0 saturated carbocycles. The van der Waals surface area contributed by atoms with Crippen LogP contribution in [-0.2, 0) is 6.54 Å². The number of unbranched alkanes of at least 4 members (excludes halogenated alkanes) is 3. The summed E-state index contributed by atoms with van der Waals surface area (Å²) in [5, 5.41) is 3.44. The molecule has 3 nitrogen and oxygen atoms in total. The minimum absolute atomic E-state index is 0.771. The molecule has 0 radical (unpaired) electrons. The Kier molecular flexibility index (Phi) is 8.43. The van der Waals surface area contributed by atoms with Crippen LogP contribution in [-0.4, -0.2) is 26.6 Å². The first kappa shape index (κ1) is 16.1. The highest BCUT2D eigenvalue weighted by atomic mass is 35.5. The Bertz CT molecular complexity index is 358. The van der Waals surface area contributed by atoms with Crippen LogP contribution in [0.3, 0.4) is 0 Å². The normalized spacial score (nSPS) is 10.5. The fourth-order valence-corrected chi connectivity index (χ4v) is 2.11. The highest BCUT2D eigenvalue weighted by Gasteiger charge is 2.03. The number of halogens is 1. The van der Waals surface area contributed by atoms with Gasteiger partial charge in [-0.2, -0.15) is 0 Å². The summed E-state index contributed by atoms with van der Waals surface area (Å²) in [5.74, 6) is 2.33. The van der Waals surface area contributed by atoms with Crippen LogP contribution in [0, 0.1) is 0 Å². The van der Waals surface area contributed by atoms with Gasteiger partial charge in [-0.1, -0.05) is 18.9 Å². The summed E-state index contributed by atoms with van der Waals surface area (Å²) in [6.07, 6.45) is 4.79. The van der Waals surface area contributed by atoms with Crippen LogP contribution in [0.15, 0.2) is 18.2 Å². The van der Waals surface area contributed by atoms with Crippen molar-refractivity contribution in [2.45, 2.75) is 32.2 Å². The molecule has 0 unspecified atom stereocenters. The summed E-state index contributed by atoms with van der Waals surface area (Å²) < 4.78 is 10.5. The molecule has 0 aliphatic heterocycles. The Balaban J connectivity index is 2.26. The summed E-state index contributed by atoms with van der Waals surface area (Å²) in [6, 6.07) is 6.01. The monoisotopic (exact) mass is 285 g/mol. The zero-order valence-electron chi connectivity index (χ0n) is 11.9. The molecule has 1 aromatic carbocycles. The molecule has 0 atom stereocenters. The first-order chi connectivity index (χ1) is 9.31. The maximum Gasteiger partial charge on any atom is 0.161 e. The van der Waals surface area contributed by atoms with E-state index in [1.165, 1.54) is 24.8 Å². The van der Waals surface area contributed by atoms with E-state index >= 15 is 0 Å². The molecule has 0 heterocycles. The van der Waals surface area contributed by atoms with Crippen molar-refractivity contribution in [1.82, 2.24) is 5.32 Å². The van der Waals surface area contributed by atoms with Gasteiger partial charge in [0.1, 0.15) is 0 Å². The fraction of sp³-hybridized carbons (Fsp3) is 0.600. The van der Waals surface area contributed by atoms with Crippen LogP contribution in [0.1, 0.15) is 31.2 Å². The van der Waals surface area contributed by atoms with Crippen LogP contribution in [0.5, 0.6) is 11.5 Å². The molecule has 0 spiro atoms. The van der Waals surface area contributed by atoms with Gasteiger partial charge < -0.3 is 14.8 Å². The van der Waals surface area contributed by atoms with E-state index < -0.39 is 0 Å². The van der Waals surface area contributed by atoms with E-state index in [2.05, 4.69) is 11.4 Å². The van der Waals surface area contributed by atoms with Gasteiger partial charge in [0, 0.05) is 12.4 Å². The number of methoxy groups -OCH3 is 2. The Morgan fingerprint density at radius 2 is 1.74 bits per heavy atom. The third-order valence-corrected chi connectivity index (χ3v) is 3.28. The number of benzene rings is 1. The standard InChI is InChI=1S/C15H24ClNO2/c1-18-14-8-7-13(11-15(14)19-2)12-17-10-6-4-3-5-9-16/h7-8,11,17H,3-6,9-10,12H2,1-2H3. The fourth-order valence-electron chi connectivity index (χ4n) is 1.92. The Labute approximate surface area is 121 Å². The predicted octanol–water partition coefficient (Wildman–Crippen LogP) is 3.59. The van der Waals surface area contributed by atoms with E-state index in [9.17, 15) is 0 Å². The molecule has 0 bridgehead atoms. The van der Waals surface area contributed by atoms with Gasteiger partial charge in [0.05, 0.1) is 14.2 Å². The van der Waals surface area contributed by atoms with Gasteiger partial charge in [0.2, 0.25) is 0 Å². The van der Waals surface area contributed by atoms with Gasteiger partial charge in [-0.15, -0.1) is 11.6 Å². The van der Waals surface area contributed by atoms with E-state index in [0.29, 0.717) is 0 Å². The van der Waals surface area contributed by atoms with E-state index in [0.717, 1.165) is 36.9 Å². The largest absolute Gasteiger partial charge is 0.493 e. The lowest BCUT2D eigenvalue weighted by Crippen LogP contribution is -2.14. The minimum atomic E-state index is 0.771. The van der Waals surface area contributed by atoms with Crippen LogP contribution >= 0.6 is 11.6 Å². The first-order valence-corrected chi connectivity index (χ1v) is 7.33. The average molecular weight is 286 g/mol. The average Bonchev–Trinajstić information content (AvgIpc) is 2.46. The highest BCUT2D eigenvalue weighted by molar-refractivity contribution is 6.17. The molecule has 1 aromatic rings. The van der Waals surface area contributed by atoms with E-state index in [1.807, 2.05) is 12.1 Å². The smallest absolute Gasteiger partial charge is 0.161 e. The molecule has 4 heteroatoms. The zero-order chi connectivity index (χ0) is 13.9. The molecule has 0 amide bonds. The molecule has 1 N–H and O–H groups in total. The molecule has 0 aliphatic carbocycles. The van der Waals surface area contributed by atoms with Crippen molar-refractivity contribution in [3.63, 3.8) is 0 Å². The van der Waals surface area contributed by atoms with Gasteiger partial charge in [-0.3, -0.25) is 0 Å². The Morgan fingerprint density at radius 1 is 1.00 bits per heavy atom. The third kappa shape index (κ3) is 6.17. The van der Waals surface area contributed by atoms with Crippen molar-refractivity contribution in [2.75, 3.05) is 26.6 Å². The Morgan fingerprint density at radius 3 is 2.42 bits per heavy atom. The molecule has 108 valence electrons. The van der Waals surface area contributed by atoms with Gasteiger partial charge in [0.15, 0.2) is 11.5 Å². The van der Waals surface area contributed by atoms with E-state index in [1.54, 1.807) is 14.2 Å². The Hall–Kier alpha value is -0.930. The lowest BCUT2D eigenvalue weighted by molar-refractivity contribution is 0.354. The first-order valence-electron chi connectivity index (χ1n) is 6.79. The van der Waals surface area contributed by atoms with Crippen LogP contribution in [0.2, 0.25) is 0 Å². The summed E-state index contributed by atoms with van der Waals surface area (Å²) in [6.45, 7) is 1.90. The zero-order valence-corrected chi connectivity index (χ0v) is 12.6. The number of hydrogen-bond acceptors (Lipinski definition) is 3. The van der Waals surface area contributed by atoms with Crippen molar-refractivity contribution in [1.29, 1.82) is 0 Å². The predicted molar refractivity (Wildman–Crippen MR) is 80.4 cm³/mol. The summed E-state index contributed by atoms with van der Waals surface area (Å²) in [7, 11) is 3.31. The van der Waals surface area contributed by atoms with Gasteiger partial charge in [-0.05, 0) is 37.1 Å². The third-order valence-electron chi connectivity index (χ3n) is 3.01. The van der Waals surface area contributed by atoms with Gasteiger partial charge in [0.25, 0.3) is 0 Å². The molecule has 0 aliphatic rings. The second kappa shape index (κ2) is 9.93. The van der Waals surface area contributed by atoms with E-state index in [4.69, 9.17) is 21.1 Å². The minimum Gasteiger partial charge on any atom is -0.493 e.